The quantitative estimate of drug-likeness (QED) is 0.400. The number of halogens is 3. The van der Waals surface area contributed by atoms with E-state index in [-0.39, 0.29) is 6.61 Å². The van der Waals surface area contributed by atoms with Crippen LogP contribution >= 0.6 is 0 Å². The lowest BCUT2D eigenvalue weighted by molar-refractivity contribution is -0.137. The van der Waals surface area contributed by atoms with Gasteiger partial charge in [-0.25, -0.2) is 4.98 Å². The minimum Gasteiger partial charge on any atom is -0.496 e. The first-order chi connectivity index (χ1) is 16.3. The summed E-state index contributed by atoms with van der Waals surface area (Å²) in [5.41, 5.74) is 1.67. The van der Waals surface area contributed by atoms with Crippen molar-refractivity contribution in [2.24, 2.45) is 0 Å². The molecule has 5 nitrogen and oxygen atoms in total. The number of nitrogens with one attached hydrogen (secondary N) is 1. The molecule has 1 amide bonds. The van der Waals surface area contributed by atoms with E-state index in [0.717, 1.165) is 17.7 Å². The van der Waals surface area contributed by atoms with Crippen LogP contribution in [0.5, 0.6) is 5.75 Å². The minimum atomic E-state index is -4.43. The normalized spacial score (nSPS) is 12.4. The van der Waals surface area contributed by atoms with Gasteiger partial charge >= 0.3 is 6.18 Å². The standard InChI is InChI=1S/C26H21F3N2O3/c1-34-24-14-21(17-7-10-19(11-8-17)26(27,28)29)30-22-13-18(9-12-20(22)24)25(33)31-23(15-32)16-5-3-2-4-6-16/h2-14,23,32H,15H2,1H3,(H,31,33)/t23-/m0/s1. The molecule has 2 N–H and O–H groups in total. The van der Waals surface area contributed by atoms with Gasteiger partial charge in [-0.15, -0.1) is 0 Å². The molecule has 0 spiro atoms. The van der Waals surface area contributed by atoms with Gasteiger partial charge in [-0.05, 0) is 35.9 Å². The average molecular weight is 466 g/mol. The molecule has 8 heteroatoms. The van der Waals surface area contributed by atoms with Gasteiger partial charge in [-0.2, -0.15) is 13.2 Å². The molecule has 1 atom stereocenters. The van der Waals surface area contributed by atoms with Crippen molar-refractivity contribution < 1.29 is 27.8 Å². The number of rotatable bonds is 6. The number of nitrogens with zero attached hydrogens (tertiary/aromatic N) is 1. The molecule has 0 fully saturated rings. The summed E-state index contributed by atoms with van der Waals surface area (Å²) in [7, 11) is 1.48. The number of carbonyl (C=O) groups is 1. The number of aromatic nitrogens is 1. The van der Waals surface area contributed by atoms with Crippen LogP contribution in [0.4, 0.5) is 13.2 Å². The van der Waals surface area contributed by atoms with Crippen molar-refractivity contribution in [3.63, 3.8) is 0 Å². The fourth-order valence-electron chi connectivity index (χ4n) is 3.65. The fraction of sp³-hybridized carbons (Fsp3) is 0.154. The topological polar surface area (TPSA) is 71.5 Å². The Labute approximate surface area is 193 Å². The Morgan fingerprint density at radius 3 is 2.35 bits per heavy atom. The second kappa shape index (κ2) is 9.52. The number of ether oxygens (including phenoxy) is 1. The maximum Gasteiger partial charge on any atom is 0.416 e. The third-order valence-corrected chi connectivity index (χ3v) is 5.45. The largest absolute Gasteiger partial charge is 0.496 e. The maximum atomic E-state index is 12.9. The van der Waals surface area contributed by atoms with E-state index in [0.29, 0.717) is 33.5 Å². The van der Waals surface area contributed by atoms with Crippen molar-refractivity contribution in [2.75, 3.05) is 13.7 Å². The van der Waals surface area contributed by atoms with Crippen LogP contribution in [0.25, 0.3) is 22.2 Å². The molecule has 4 aromatic rings. The summed E-state index contributed by atoms with van der Waals surface area (Å²) in [6.07, 6.45) is -4.43. The number of hydrogen-bond acceptors (Lipinski definition) is 4. The van der Waals surface area contributed by atoms with Gasteiger partial charge in [0.05, 0.1) is 36.5 Å². The zero-order chi connectivity index (χ0) is 24.3. The summed E-state index contributed by atoms with van der Waals surface area (Å²) in [6, 6.07) is 19.8. The highest BCUT2D eigenvalue weighted by Crippen LogP contribution is 2.33. The lowest BCUT2D eigenvalue weighted by atomic mass is 10.0. The molecule has 174 valence electrons. The van der Waals surface area contributed by atoms with Crippen molar-refractivity contribution in [1.29, 1.82) is 0 Å². The molecule has 0 aliphatic heterocycles. The molecule has 0 aliphatic carbocycles. The molecule has 34 heavy (non-hydrogen) atoms. The van der Waals surface area contributed by atoms with Gasteiger partial charge in [0.1, 0.15) is 5.75 Å². The summed E-state index contributed by atoms with van der Waals surface area (Å²) in [5.74, 6) is 0.0786. The monoisotopic (exact) mass is 466 g/mol. The van der Waals surface area contributed by atoms with E-state index < -0.39 is 23.7 Å². The Kier molecular flexibility index (Phi) is 6.51. The van der Waals surface area contributed by atoms with Crippen LogP contribution in [0.2, 0.25) is 0 Å². The lowest BCUT2D eigenvalue weighted by Crippen LogP contribution is -2.30. The van der Waals surface area contributed by atoms with Crippen molar-refractivity contribution in [1.82, 2.24) is 10.3 Å². The number of carbonyl (C=O) groups excluding carboxylic acids is 1. The third-order valence-electron chi connectivity index (χ3n) is 5.45. The van der Waals surface area contributed by atoms with Crippen LogP contribution in [0.3, 0.4) is 0 Å². The predicted octanol–water partition coefficient (Wildman–Crippen LogP) is 5.39. The summed E-state index contributed by atoms with van der Waals surface area (Å²) in [6.45, 7) is -0.270. The van der Waals surface area contributed by atoms with Gasteiger partial charge < -0.3 is 15.2 Å². The van der Waals surface area contributed by atoms with Gasteiger partial charge in [0, 0.05) is 22.6 Å². The van der Waals surface area contributed by atoms with E-state index >= 15 is 0 Å². The summed E-state index contributed by atoms with van der Waals surface area (Å²) >= 11 is 0. The Hall–Kier alpha value is -3.91. The SMILES string of the molecule is COc1cc(-c2ccc(C(F)(F)F)cc2)nc2cc(C(=O)N[C@@H](CO)c3ccccc3)ccc12. The third kappa shape index (κ3) is 4.87. The molecule has 0 saturated heterocycles. The van der Waals surface area contributed by atoms with Crippen LogP contribution < -0.4 is 10.1 Å². The number of fused-ring (bicyclic) bond motifs is 1. The van der Waals surface area contributed by atoms with Crippen molar-refractivity contribution in [2.45, 2.75) is 12.2 Å². The number of pyridine rings is 1. The van der Waals surface area contributed by atoms with Gasteiger partial charge in [0.25, 0.3) is 5.91 Å². The van der Waals surface area contributed by atoms with Crippen molar-refractivity contribution >= 4 is 16.8 Å². The second-order valence-corrected chi connectivity index (χ2v) is 7.64. The lowest BCUT2D eigenvalue weighted by Gasteiger charge is -2.17. The highest BCUT2D eigenvalue weighted by atomic mass is 19.4. The molecule has 1 aromatic heterocycles. The molecule has 4 rings (SSSR count). The van der Waals surface area contributed by atoms with Crippen LogP contribution in [-0.4, -0.2) is 29.7 Å². The molecule has 0 radical (unpaired) electrons. The second-order valence-electron chi connectivity index (χ2n) is 7.64. The van der Waals surface area contributed by atoms with Crippen molar-refractivity contribution in [3.8, 4) is 17.0 Å². The Morgan fingerprint density at radius 2 is 1.74 bits per heavy atom. The molecule has 1 heterocycles. The molecule has 0 bridgehead atoms. The summed E-state index contributed by atoms with van der Waals surface area (Å²) in [4.78, 5) is 17.4. The fourth-order valence-corrected chi connectivity index (χ4v) is 3.65. The van der Waals surface area contributed by atoms with E-state index in [1.54, 1.807) is 24.3 Å². The molecular formula is C26H21F3N2O3. The van der Waals surface area contributed by atoms with Gasteiger partial charge in [0.2, 0.25) is 0 Å². The van der Waals surface area contributed by atoms with Gasteiger partial charge in [-0.3, -0.25) is 4.79 Å². The Bertz CT molecular complexity index is 1310. The minimum absolute atomic E-state index is 0.270. The number of aliphatic hydroxyl groups is 1. The van der Waals surface area contributed by atoms with Crippen LogP contribution in [0.1, 0.15) is 27.5 Å². The van der Waals surface area contributed by atoms with Gasteiger partial charge in [0.15, 0.2) is 0 Å². The smallest absolute Gasteiger partial charge is 0.416 e. The highest BCUT2D eigenvalue weighted by Gasteiger charge is 2.30. The number of aliphatic hydroxyl groups excluding tert-OH is 1. The number of benzene rings is 3. The first-order valence-corrected chi connectivity index (χ1v) is 10.4. The first kappa shape index (κ1) is 23.3. The van der Waals surface area contributed by atoms with Crippen LogP contribution in [0.15, 0.2) is 78.9 Å². The summed E-state index contributed by atoms with van der Waals surface area (Å²) in [5, 5.41) is 13.2. The number of hydrogen-bond donors (Lipinski definition) is 2. The zero-order valence-corrected chi connectivity index (χ0v) is 18.1. The number of alkyl halides is 3. The molecule has 0 aliphatic rings. The molecule has 0 unspecified atom stereocenters. The molecular weight excluding hydrogens is 445 g/mol. The zero-order valence-electron chi connectivity index (χ0n) is 18.1. The van der Waals surface area contributed by atoms with E-state index in [9.17, 15) is 23.1 Å². The van der Waals surface area contributed by atoms with E-state index in [1.807, 2.05) is 30.3 Å². The molecule has 3 aromatic carbocycles. The van der Waals surface area contributed by atoms with E-state index in [1.165, 1.54) is 19.2 Å². The number of methoxy groups -OCH3 is 1. The van der Waals surface area contributed by atoms with Crippen LogP contribution in [0, 0.1) is 0 Å². The van der Waals surface area contributed by atoms with Crippen molar-refractivity contribution in [3.05, 3.63) is 95.6 Å². The first-order valence-electron chi connectivity index (χ1n) is 10.4. The maximum absolute atomic E-state index is 12.9. The number of amides is 1. The van der Waals surface area contributed by atoms with Gasteiger partial charge in [-0.1, -0.05) is 42.5 Å². The predicted molar refractivity (Wildman–Crippen MR) is 122 cm³/mol. The van der Waals surface area contributed by atoms with E-state index in [2.05, 4.69) is 10.3 Å². The Morgan fingerprint density at radius 1 is 1.03 bits per heavy atom. The van der Waals surface area contributed by atoms with Crippen LogP contribution in [-0.2, 0) is 6.18 Å². The average Bonchev–Trinajstić information content (AvgIpc) is 2.86. The van der Waals surface area contributed by atoms with E-state index in [4.69, 9.17) is 4.74 Å². The molecule has 0 saturated carbocycles. The highest BCUT2D eigenvalue weighted by molar-refractivity contribution is 5.99. The summed E-state index contributed by atoms with van der Waals surface area (Å²) < 4.78 is 44.2. The Balaban J connectivity index is 1.68.